The van der Waals surface area contributed by atoms with E-state index in [1.165, 1.54) is 25.9 Å². The van der Waals surface area contributed by atoms with E-state index in [9.17, 15) is 4.21 Å². The summed E-state index contributed by atoms with van der Waals surface area (Å²) >= 11 is 0. The summed E-state index contributed by atoms with van der Waals surface area (Å²) in [4.78, 5) is 3.35. The molecule has 0 aliphatic carbocycles. The number of hydrogen-bond acceptors (Lipinski definition) is 2. The van der Waals surface area contributed by atoms with Gasteiger partial charge in [-0.05, 0) is 57.5 Å². The predicted octanol–water partition coefficient (Wildman–Crippen LogP) is 3.55. The lowest BCUT2D eigenvalue weighted by atomic mass is 9.95. The number of piperidine rings is 1. The maximum absolute atomic E-state index is 12.1. The first kappa shape index (κ1) is 16.4. The van der Waals surface area contributed by atoms with E-state index in [-0.39, 0.29) is 0 Å². The normalized spacial score (nSPS) is 18.5. The van der Waals surface area contributed by atoms with Crippen LogP contribution in [0, 0.1) is 5.92 Å². The van der Waals surface area contributed by atoms with Crippen molar-refractivity contribution in [3.05, 3.63) is 30.3 Å². The van der Waals surface area contributed by atoms with Crippen LogP contribution in [0.15, 0.2) is 35.2 Å². The molecule has 1 heterocycles. The van der Waals surface area contributed by atoms with E-state index in [2.05, 4.69) is 11.9 Å². The Kier molecular flexibility index (Phi) is 7.99. The summed E-state index contributed by atoms with van der Waals surface area (Å²) in [5.41, 5.74) is 0. The lowest BCUT2D eigenvalue weighted by Gasteiger charge is -2.28. The molecule has 0 saturated carbocycles. The zero-order chi connectivity index (χ0) is 14.1. The second-order valence-corrected chi connectivity index (χ2v) is 6.47. The van der Waals surface area contributed by atoms with Gasteiger partial charge < -0.3 is 4.90 Å². The van der Waals surface area contributed by atoms with Crippen molar-refractivity contribution < 1.29 is 4.21 Å². The lowest BCUT2D eigenvalue weighted by molar-refractivity contribution is 0.217. The highest BCUT2D eigenvalue weighted by atomic mass is 32.2. The topological polar surface area (TPSA) is 20.3 Å². The molecule has 1 aliphatic rings. The summed E-state index contributed by atoms with van der Waals surface area (Å²) in [6.45, 7) is 6.39. The summed E-state index contributed by atoms with van der Waals surface area (Å²) in [6.07, 6.45) is 3.64. The quantitative estimate of drug-likeness (QED) is 0.841. The van der Waals surface area contributed by atoms with Crippen molar-refractivity contribution in [1.82, 2.24) is 4.90 Å². The number of benzene rings is 1. The second-order valence-electron chi connectivity index (χ2n) is 4.90. The van der Waals surface area contributed by atoms with Crippen molar-refractivity contribution in [3.63, 3.8) is 0 Å². The van der Waals surface area contributed by atoms with Crippen LogP contribution < -0.4 is 0 Å². The molecule has 19 heavy (non-hydrogen) atoms. The van der Waals surface area contributed by atoms with Crippen LogP contribution in [0.25, 0.3) is 0 Å². The van der Waals surface area contributed by atoms with Gasteiger partial charge in [0.1, 0.15) is 0 Å². The monoisotopic (exact) mass is 281 g/mol. The highest BCUT2D eigenvalue weighted by Gasteiger charge is 2.17. The first-order valence-electron chi connectivity index (χ1n) is 7.37. The van der Waals surface area contributed by atoms with E-state index in [1.807, 2.05) is 44.2 Å². The van der Waals surface area contributed by atoms with Gasteiger partial charge in [-0.15, -0.1) is 0 Å². The molecule has 0 amide bonds. The largest absolute Gasteiger partial charge is 0.306 e. The van der Waals surface area contributed by atoms with E-state index < -0.39 is 10.8 Å². The third-order valence-electron chi connectivity index (χ3n) is 3.56. The highest BCUT2D eigenvalue weighted by molar-refractivity contribution is 7.85. The third kappa shape index (κ3) is 5.87. The van der Waals surface area contributed by atoms with Gasteiger partial charge >= 0.3 is 0 Å². The lowest BCUT2D eigenvalue weighted by Crippen LogP contribution is -2.30. The fourth-order valence-corrected chi connectivity index (χ4v) is 3.56. The van der Waals surface area contributed by atoms with E-state index in [0.717, 1.165) is 23.0 Å². The maximum atomic E-state index is 12.1. The summed E-state index contributed by atoms with van der Waals surface area (Å²) in [5, 5.41) is 0. The van der Waals surface area contributed by atoms with E-state index in [0.29, 0.717) is 0 Å². The van der Waals surface area contributed by atoms with Crippen LogP contribution in [0.2, 0.25) is 0 Å². The fourth-order valence-electron chi connectivity index (χ4n) is 2.31. The molecule has 1 aromatic rings. The van der Waals surface area contributed by atoms with Crippen LogP contribution in [0.1, 0.15) is 33.1 Å². The minimum Gasteiger partial charge on any atom is -0.306 e. The van der Waals surface area contributed by atoms with Gasteiger partial charge in [0, 0.05) is 10.6 Å². The molecule has 0 radical (unpaired) electrons. The molecule has 0 N–H and O–H groups in total. The van der Waals surface area contributed by atoms with Gasteiger partial charge in [-0.2, -0.15) is 0 Å². The van der Waals surface area contributed by atoms with Crippen LogP contribution in [-0.4, -0.2) is 35.0 Å². The Hall–Kier alpha value is -0.670. The average Bonchev–Trinajstić information content (AvgIpc) is 2.49. The van der Waals surface area contributed by atoms with Gasteiger partial charge in [0.2, 0.25) is 0 Å². The minimum absolute atomic E-state index is 0.777. The van der Waals surface area contributed by atoms with Crippen LogP contribution in [0.3, 0.4) is 0 Å². The van der Waals surface area contributed by atoms with Gasteiger partial charge in [-0.25, -0.2) is 0 Å². The first-order chi connectivity index (χ1) is 9.25. The molecule has 2 rings (SSSR count). The Morgan fingerprint density at radius 3 is 2.32 bits per heavy atom. The van der Waals surface area contributed by atoms with Gasteiger partial charge in [-0.3, -0.25) is 4.21 Å². The molecule has 1 unspecified atom stereocenters. The second kappa shape index (κ2) is 9.27. The van der Waals surface area contributed by atoms with Crippen LogP contribution in [0.4, 0.5) is 0 Å². The predicted molar refractivity (Wildman–Crippen MR) is 83.9 cm³/mol. The van der Waals surface area contributed by atoms with Crippen molar-refractivity contribution in [3.8, 4) is 0 Å². The van der Waals surface area contributed by atoms with E-state index in [4.69, 9.17) is 0 Å². The average molecular weight is 281 g/mol. The fraction of sp³-hybridized carbons (Fsp3) is 0.625. The molecule has 0 bridgehead atoms. The molecule has 2 nitrogen and oxygen atoms in total. The number of hydrogen-bond donors (Lipinski definition) is 0. The standard InChI is InChI=1S/C14H21NOS.C2H6/c1-15-10-7-13(8-11-15)9-12-17(16)14-5-3-2-4-6-14;1-2/h2-6,13H,7-12H2,1H3;1-2H3. The van der Waals surface area contributed by atoms with Gasteiger partial charge in [0.15, 0.2) is 0 Å². The van der Waals surface area contributed by atoms with Crippen LogP contribution in [0.5, 0.6) is 0 Å². The Balaban J connectivity index is 0.000000861. The van der Waals surface area contributed by atoms with Crippen LogP contribution >= 0.6 is 0 Å². The van der Waals surface area contributed by atoms with Crippen LogP contribution in [-0.2, 0) is 10.8 Å². The van der Waals surface area contributed by atoms with Gasteiger partial charge in [-0.1, -0.05) is 32.0 Å². The third-order valence-corrected chi connectivity index (χ3v) is 4.96. The summed E-state index contributed by atoms with van der Waals surface area (Å²) < 4.78 is 12.1. The minimum atomic E-state index is -0.807. The van der Waals surface area contributed by atoms with E-state index >= 15 is 0 Å². The van der Waals surface area contributed by atoms with Crippen molar-refractivity contribution in [2.75, 3.05) is 25.9 Å². The Morgan fingerprint density at radius 1 is 1.16 bits per heavy atom. The summed E-state index contributed by atoms with van der Waals surface area (Å²) in [6, 6.07) is 9.82. The first-order valence-corrected chi connectivity index (χ1v) is 8.69. The smallest absolute Gasteiger partial charge is 0.0529 e. The summed E-state index contributed by atoms with van der Waals surface area (Å²) in [5.74, 6) is 1.59. The molecule has 3 heteroatoms. The summed E-state index contributed by atoms with van der Waals surface area (Å²) in [7, 11) is 1.37. The number of likely N-dealkylation sites (tertiary alicyclic amines) is 1. The van der Waals surface area contributed by atoms with Crippen molar-refractivity contribution in [2.24, 2.45) is 5.92 Å². The molecule has 1 aliphatic heterocycles. The number of nitrogens with zero attached hydrogens (tertiary/aromatic N) is 1. The molecule has 1 aromatic carbocycles. The Labute approximate surface area is 120 Å². The van der Waals surface area contributed by atoms with Crippen molar-refractivity contribution in [2.45, 2.75) is 38.0 Å². The molecule has 1 saturated heterocycles. The maximum Gasteiger partial charge on any atom is 0.0529 e. The van der Waals surface area contributed by atoms with Crippen molar-refractivity contribution >= 4 is 10.8 Å². The molecule has 1 fully saturated rings. The van der Waals surface area contributed by atoms with Gasteiger partial charge in [0.25, 0.3) is 0 Å². The molecule has 0 spiro atoms. The Bertz CT molecular complexity index is 358. The molecular weight excluding hydrogens is 254 g/mol. The Morgan fingerprint density at radius 2 is 1.74 bits per heavy atom. The molecule has 1 atom stereocenters. The number of rotatable bonds is 4. The SMILES string of the molecule is CC.CN1CCC(CCS(=O)c2ccccc2)CC1. The zero-order valence-corrected chi connectivity index (χ0v) is 13.3. The highest BCUT2D eigenvalue weighted by Crippen LogP contribution is 2.20. The zero-order valence-electron chi connectivity index (χ0n) is 12.5. The molecule has 0 aromatic heterocycles. The molecule has 108 valence electrons. The van der Waals surface area contributed by atoms with E-state index in [1.54, 1.807) is 0 Å². The van der Waals surface area contributed by atoms with Gasteiger partial charge in [0.05, 0.1) is 10.8 Å². The van der Waals surface area contributed by atoms with Crippen molar-refractivity contribution in [1.29, 1.82) is 0 Å². The molecular formula is C16H27NOS.